The van der Waals surface area contributed by atoms with Crippen LogP contribution in [0.25, 0.3) is 0 Å². The van der Waals surface area contributed by atoms with E-state index in [1.165, 1.54) is 0 Å². The van der Waals surface area contributed by atoms with E-state index in [1.807, 2.05) is 33.8 Å². The van der Waals surface area contributed by atoms with Gasteiger partial charge in [-0.05, 0) is 39.0 Å². The summed E-state index contributed by atoms with van der Waals surface area (Å²) in [4.78, 5) is 0. The first kappa shape index (κ1) is 14.5. The van der Waals surface area contributed by atoms with Crippen LogP contribution in [-0.2, 0) is 0 Å². The number of benzene rings is 1. The van der Waals surface area contributed by atoms with E-state index in [4.69, 9.17) is 15.9 Å². The fraction of sp³-hybridized carbons (Fsp3) is 0.462. The SMILES string of the molecule is CC.CC(=N)c1cc(OC(C)C)ccc1N. The van der Waals surface area contributed by atoms with Crippen LogP contribution in [0.1, 0.15) is 40.2 Å². The minimum atomic E-state index is 0.137. The Labute approximate surface area is 98.1 Å². The van der Waals surface area contributed by atoms with Crippen molar-refractivity contribution in [1.29, 1.82) is 5.41 Å². The van der Waals surface area contributed by atoms with Gasteiger partial charge in [0.2, 0.25) is 0 Å². The Bertz CT molecular complexity index is 346. The van der Waals surface area contributed by atoms with Gasteiger partial charge >= 0.3 is 0 Å². The Balaban J connectivity index is 0.00000106. The first-order valence-electron chi connectivity index (χ1n) is 5.62. The van der Waals surface area contributed by atoms with Crippen LogP contribution in [0.5, 0.6) is 5.75 Å². The standard InChI is InChI=1S/C11H16N2O.C2H6/c1-7(2)14-9-4-5-11(13)10(6-9)8(3)12;1-2/h4-7,12H,13H2,1-3H3;1-2H3. The van der Waals surface area contributed by atoms with Crippen molar-refractivity contribution < 1.29 is 4.74 Å². The molecule has 0 fully saturated rings. The summed E-state index contributed by atoms with van der Waals surface area (Å²) in [6, 6.07) is 5.39. The Morgan fingerprint density at radius 1 is 1.31 bits per heavy atom. The molecule has 0 amide bonds. The summed E-state index contributed by atoms with van der Waals surface area (Å²) in [7, 11) is 0. The van der Waals surface area contributed by atoms with Crippen LogP contribution in [0, 0.1) is 5.41 Å². The Morgan fingerprint density at radius 3 is 2.31 bits per heavy atom. The Kier molecular flexibility index (Phi) is 6.23. The summed E-state index contributed by atoms with van der Waals surface area (Å²) < 4.78 is 5.51. The molecule has 1 aromatic rings. The van der Waals surface area contributed by atoms with E-state index in [2.05, 4.69) is 0 Å². The van der Waals surface area contributed by atoms with E-state index < -0.39 is 0 Å². The molecule has 0 aliphatic carbocycles. The van der Waals surface area contributed by atoms with Gasteiger partial charge in [0.15, 0.2) is 0 Å². The van der Waals surface area contributed by atoms with E-state index >= 15 is 0 Å². The highest BCUT2D eigenvalue weighted by Gasteiger charge is 2.04. The lowest BCUT2D eigenvalue weighted by atomic mass is 10.1. The molecule has 90 valence electrons. The molecule has 0 saturated heterocycles. The summed E-state index contributed by atoms with van der Waals surface area (Å²) in [5.41, 5.74) is 7.54. The Hall–Kier alpha value is -1.51. The number of nitrogens with one attached hydrogen (secondary N) is 1. The molecule has 3 heteroatoms. The largest absolute Gasteiger partial charge is 0.491 e. The van der Waals surface area contributed by atoms with Crippen LogP contribution >= 0.6 is 0 Å². The molecule has 0 radical (unpaired) electrons. The number of anilines is 1. The highest BCUT2D eigenvalue weighted by Crippen LogP contribution is 2.20. The van der Waals surface area contributed by atoms with Gasteiger partial charge in [0.05, 0.1) is 6.10 Å². The van der Waals surface area contributed by atoms with Gasteiger partial charge in [-0.1, -0.05) is 13.8 Å². The number of hydrogen-bond acceptors (Lipinski definition) is 3. The molecule has 1 rings (SSSR count). The second kappa shape index (κ2) is 6.88. The van der Waals surface area contributed by atoms with Gasteiger partial charge in [0.25, 0.3) is 0 Å². The zero-order valence-corrected chi connectivity index (χ0v) is 10.8. The first-order valence-corrected chi connectivity index (χ1v) is 5.62. The fourth-order valence-electron chi connectivity index (χ4n) is 1.21. The maximum atomic E-state index is 7.52. The van der Waals surface area contributed by atoms with Crippen LogP contribution in [-0.4, -0.2) is 11.8 Å². The summed E-state index contributed by atoms with van der Waals surface area (Å²) >= 11 is 0. The predicted molar refractivity (Wildman–Crippen MR) is 70.5 cm³/mol. The summed E-state index contributed by atoms with van der Waals surface area (Å²) in [5.74, 6) is 0.760. The maximum absolute atomic E-state index is 7.52. The summed E-state index contributed by atoms with van der Waals surface area (Å²) in [6.45, 7) is 9.64. The normalized spacial score (nSPS) is 9.38. The van der Waals surface area contributed by atoms with E-state index in [9.17, 15) is 0 Å². The van der Waals surface area contributed by atoms with Gasteiger partial charge < -0.3 is 15.9 Å². The van der Waals surface area contributed by atoms with Crippen molar-refractivity contribution in [3.8, 4) is 5.75 Å². The van der Waals surface area contributed by atoms with Crippen LogP contribution in [0.4, 0.5) is 5.69 Å². The van der Waals surface area contributed by atoms with Crippen LogP contribution < -0.4 is 10.5 Å². The van der Waals surface area contributed by atoms with Crippen LogP contribution in [0.3, 0.4) is 0 Å². The zero-order chi connectivity index (χ0) is 12.7. The van der Waals surface area contributed by atoms with Crippen LogP contribution in [0.2, 0.25) is 0 Å². The number of nitrogen functional groups attached to an aromatic ring is 1. The third-order valence-corrected chi connectivity index (χ3v) is 1.80. The van der Waals surface area contributed by atoms with Crippen molar-refractivity contribution >= 4 is 11.4 Å². The Morgan fingerprint density at radius 2 is 1.88 bits per heavy atom. The molecule has 0 aromatic heterocycles. The number of nitrogens with two attached hydrogens (primary N) is 1. The van der Waals surface area contributed by atoms with E-state index in [0.717, 1.165) is 11.3 Å². The highest BCUT2D eigenvalue weighted by atomic mass is 16.5. The van der Waals surface area contributed by atoms with Gasteiger partial charge in [-0.2, -0.15) is 0 Å². The fourth-order valence-corrected chi connectivity index (χ4v) is 1.21. The molecule has 1 aromatic carbocycles. The van der Waals surface area contributed by atoms with Crippen molar-refractivity contribution in [2.45, 2.75) is 40.7 Å². The lowest BCUT2D eigenvalue weighted by Gasteiger charge is -2.11. The smallest absolute Gasteiger partial charge is 0.120 e. The molecule has 0 bridgehead atoms. The van der Waals surface area contributed by atoms with Gasteiger partial charge in [-0.25, -0.2) is 0 Å². The molecular weight excluding hydrogens is 200 g/mol. The monoisotopic (exact) mass is 222 g/mol. The minimum absolute atomic E-state index is 0.137. The van der Waals surface area contributed by atoms with Crippen molar-refractivity contribution in [1.82, 2.24) is 0 Å². The molecule has 0 unspecified atom stereocenters. The lowest BCUT2D eigenvalue weighted by molar-refractivity contribution is 0.242. The van der Waals surface area contributed by atoms with Crippen molar-refractivity contribution in [2.75, 3.05) is 5.73 Å². The third kappa shape index (κ3) is 4.34. The van der Waals surface area contributed by atoms with Gasteiger partial charge in [0, 0.05) is 17.0 Å². The van der Waals surface area contributed by atoms with E-state index in [0.29, 0.717) is 11.4 Å². The van der Waals surface area contributed by atoms with E-state index in [-0.39, 0.29) is 6.10 Å². The van der Waals surface area contributed by atoms with Crippen molar-refractivity contribution in [3.05, 3.63) is 23.8 Å². The molecule has 3 N–H and O–H groups in total. The summed E-state index contributed by atoms with van der Waals surface area (Å²) in [5, 5.41) is 7.52. The maximum Gasteiger partial charge on any atom is 0.120 e. The lowest BCUT2D eigenvalue weighted by Crippen LogP contribution is -2.07. The molecule has 16 heavy (non-hydrogen) atoms. The van der Waals surface area contributed by atoms with Crippen molar-refractivity contribution in [2.24, 2.45) is 0 Å². The van der Waals surface area contributed by atoms with Crippen molar-refractivity contribution in [3.63, 3.8) is 0 Å². The molecule has 0 heterocycles. The second-order valence-electron chi connectivity index (χ2n) is 3.54. The van der Waals surface area contributed by atoms with E-state index in [1.54, 1.807) is 19.1 Å². The zero-order valence-electron chi connectivity index (χ0n) is 10.8. The first-order chi connectivity index (χ1) is 7.50. The summed E-state index contributed by atoms with van der Waals surface area (Å²) in [6.07, 6.45) is 0.137. The third-order valence-electron chi connectivity index (χ3n) is 1.80. The number of rotatable bonds is 3. The predicted octanol–water partition coefficient (Wildman–Crippen LogP) is 3.47. The van der Waals surface area contributed by atoms with Gasteiger partial charge in [0.1, 0.15) is 5.75 Å². The topological polar surface area (TPSA) is 59.1 Å². The highest BCUT2D eigenvalue weighted by molar-refractivity contribution is 6.01. The average Bonchev–Trinajstić information content (AvgIpc) is 2.23. The average molecular weight is 222 g/mol. The molecule has 3 nitrogen and oxygen atoms in total. The quantitative estimate of drug-likeness (QED) is 0.607. The van der Waals surface area contributed by atoms with Crippen LogP contribution in [0.15, 0.2) is 18.2 Å². The molecule has 0 aliphatic heterocycles. The van der Waals surface area contributed by atoms with Gasteiger partial charge in [-0.15, -0.1) is 0 Å². The molecule has 0 aliphatic rings. The minimum Gasteiger partial charge on any atom is -0.491 e. The number of ether oxygens (including phenoxy) is 1. The molecule has 0 spiro atoms. The molecule has 0 atom stereocenters. The number of hydrogen-bond donors (Lipinski definition) is 2. The molecule has 0 saturated carbocycles. The molecular formula is C13H22N2O. The second-order valence-corrected chi connectivity index (χ2v) is 3.54. The van der Waals surface area contributed by atoms with Gasteiger partial charge in [-0.3, -0.25) is 0 Å².